The number of nitrogens with zero attached hydrogens (tertiary/aromatic N) is 2. The van der Waals surface area contributed by atoms with E-state index in [9.17, 15) is 19.2 Å². The number of hydrogen-bond acceptors (Lipinski definition) is 4. The highest BCUT2D eigenvalue weighted by molar-refractivity contribution is 5.93. The van der Waals surface area contributed by atoms with E-state index in [1.165, 1.54) is 16.1 Å². The summed E-state index contributed by atoms with van der Waals surface area (Å²) in [7, 11) is 0. The third-order valence-corrected chi connectivity index (χ3v) is 5.39. The van der Waals surface area contributed by atoms with Crippen molar-refractivity contribution >= 4 is 34.1 Å². The van der Waals surface area contributed by atoms with Crippen LogP contribution in [0.3, 0.4) is 0 Å². The number of amides is 2. The third-order valence-electron chi connectivity index (χ3n) is 5.39. The predicted molar refractivity (Wildman–Crippen MR) is 132 cm³/mol. The van der Waals surface area contributed by atoms with Gasteiger partial charge < -0.3 is 10.6 Å². The predicted octanol–water partition coefficient (Wildman–Crippen LogP) is 3.00. The Labute approximate surface area is 195 Å². The second-order valence-electron chi connectivity index (χ2n) is 7.88. The van der Waals surface area contributed by atoms with Gasteiger partial charge in [0.05, 0.1) is 10.9 Å². The molecule has 0 spiro atoms. The van der Waals surface area contributed by atoms with Gasteiger partial charge in [0.15, 0.2) is 0 Å². The molecule has 0 aliphatic rings. The molecule has 0 saturated heterocycles. The fourth-order valence-electron chi connectivity index (χ4n) is 3.79. The maximum Gasteiger partial charge on any atom is 0.331 e. The Kier molecular flexibility index (Phi) is 6.68. The number of fused-ring (bicyclic) bond motifs is 1. The molecule has 34 heavy (non-hydrogen) atoms. The SMILES string of the molecule is CC(=O)Nc1ccc(NC(=O)Cn2c(=O)n(CCc3ccccc3)c(=O)c3ccccc32)cc1. The first-order valence-electron chi connectivity index (χ1n) is 10.9. The van der Waals surface area contributed by atoms with E-state index in [0.717, 1.165) is 5.56 Å². The fourth-order valence-corrected chi connectivity index (χ4v) is 3.79. The van der Waals surface area contributed by atoms with Crippen molar-refractivity contribution in [1.29, 1.82) is 0 Å². The van der Waals surface area contributed by atoms with Gasteiger partial charge in [0, 0.05) is 24.8 Å². The lowest BCUT2D eigenvalue weighted by Crippen LogP contribution is -2.42. The molecule has 3 aromatic carbocycles. The second kappa shape index (κ2) is 9.99. The Hall–Kier alpha value is -4.46. The minimum Gasteiger partial charge on any atom is -0.326 e. The standard InChI is InChI=1S/C26H24N4O4/c1-18(31)27-20-11-13-21(14-12-20)28-24(32)17-30-23-10-6-5-9-22(23)25(33)29(26(30)34)16-15-19-7-3-2-4-8-19/h2-14H,15-17H2,1H3,(H,27,31)(H,28,32). The Bertz CT molecular complexity index is 1450. The summed E-state index contributed by atoms with van der Waals surface area (Å²) in [6, 6.07) is 23.0. The highest BCUT2D eigenvalue weighted by atomic mass is 16.2. The average Bonchev–Trinajstić information content (AvgIpc) is 2.83. The lowest BCUT2D eigenvalue weighted by Gasteiger charge is -2.14. The Morgan fingerprint density at radius 3 is 2.06 bits per heavy atom. The molecular formula is C26H24N4O4. The third kappa shape index (κ3) is 5.12. The largest absolute Gasteiger partial charge is 0.331 e. The van der Waals surface area contributed by atoms with E-state index >= 15 is 0 Å². The molecule has 0 aliphatic carbocycles. The maximum absolute atomic E-state index is 13.3. The van der Waals surface area contributed by atoms with Crippen LogP contribution in [0.5, 0.6) is 0 Å². The van der Waals surface area contributed by atoms with Crippen LogP contribution in [0.4, 0.5) is 11.4 Å². The number of rotatable bonds is 7. The number of carbonyl (C=O) groups excluding carboxylic acids is 2. The molecule has 0 atom stereocenters. The van der Waals surface area contributed by atoms with Gasteiger partial charge in [-0.05, 0) is 48.4 Å². The van der Waals surface area contributed by atoms with E-state index in [2.05, 4.69) is 10.6 Å². The number of aromatic nitrogens is 2. The molecule has 0 bridgehead atoms. The molecule has 2 amide bonds. The number of anilines is 2. The van der Waals surface area contributed by atoms with Crippen molar-refractivity contribution in [3.63, 3.8) is 0 Å². The van der Waals surface area contributed by atoms with Gasteiger partial charge in [-0.3, -0.25) is 23.5 Å². The summed E-state index contributed by atoms with van der Waals surface area (Å²) in [4.78, 5) is 50.2. The first kappa shape index (κ1) is 22.7. The number of benzene rings is 3. The van der Waals surface area contributed by atoms with Crippen LogP contribution in [0.15, 0.2) is 88.5 Å². The molecule has 8 heteroatoms. The van der Waals surface area contributed by atoms with Crippen molar-refractivity contribution in [1.82, 2.24) is 9.13 Å². The lowest BCUT2D eigenvalue weighted by atomic mass is 10.1. The lowest BCUT2D eigenvalue weighted by molar-refractivity contribution is -0.117. The zero-order chi connectivity index (χ0) is 24.1. The van der Waals surface area contributed by atoms with Crippen LogP contribution in [0.1, 0.15) is 12.5 Å². The molecule has 172 valence electrons. The van der Waals surface area contributed by atoms with E-state index in [1.54, 1.807) is 48.5 Å². The molecule has 0 fully saturated rings. The summed E-state index contributed by atoms with van der Waals surface area (Å²) < 4.78 is 2.51. The van der Waals surface area contributed by atoms with Gasteiger partial charge in [0.1, 0.15) is 6.54 Å². The van der Waals surface area contributed by atoms with Gasteiger partial charge in [0.2, 0.25) is 11.8 Å². The van der Waals surface area contributed by atoms with Crippen LogP contribution < -0.4 is 21.9 Å². The summed E-state index contributed by atoms with van der Waals surface area (Å²) in [6.45, 7) is 1.37. The van der Waals surface area contributed by atoms with Gasteiger partial charge in [0.25, 0.3) is 5.56 Å². The highest BCUT2D eigenvalue weighted by Crippen LogP contribution is 2.14. The van der Waals surface area contributed by atoms with E-state index in [1.807, 2.05) is 30.3 Å². The minimum atomic E-state index is -0.532. The van der Waals surface area contributed by atoms with E-state index in [-0.39, 0.29) is 24.6 Å². The van der Waals surface area contributed by atoms with Crippen molar-refractivity contribution in [3.05, 3.63) is 105 Å². The molecule has 4 rings (SSSR count). The van der Waals surface area contributed by atoms with Gasteiger partial charge in [-0.15, -0.1) is 0 Å². The Morgan fingerprint density at radius 2 is 1.38 bits per heavy atom. The topological polar surface area (TPSA) is 102 Å². The zero-order valence-electron chi connectivity index (χ0n) is 18.7. The van der Waals surface area contributed by atoms with Gasteiger partial charge in [-0.2, -0.15) is 0 Å². The molecule has 1 aromatic heterocycles. The summed E-state index contributed by atoms with van der Waals surface area (Å²) >= 11 is 0. The molecule has 8 nitrogen and oxygen atoms in total. The minimum absolute atomic E-state index is 0.189. The first-order valence-corrected chi connectivity index (χ1v) is 10.9. The average molecular weight is 457 g/mol. The van der Waals surface area contributed by atoms with Crippen LogP contribution in [-0.2, 0) is 29.1 Å². The summed E-state index contributed by atoms with van der Waals surface area (Å²) in [5, 5.41) is 5.79. The van der Waals surface area contributed by atoms with E-state index < -0.39 is 11.6 Å². The molecule has 2 N–H and O–H groups in total. The number of aryl methyl sites for hydroxylation is 1. The van der Waals surface area contributed by atoms with Crippen LogP contribution in [0.2, 0.25) is 0 Å². The van der Waals surface area contributed by atoms with E-state index in [0.29, 0.717) is 28.7 Å². The first-order chi connectivity index (χ1) is 16.4. The second-order valence-corrected chi connectivity index (χ2v) is 7.88. The number of nitrogens with one attached hydrogen (secondary N) is 2. The molecule has 0 aliphatic heterocycles. The zero-order valence-corrected chi connectivity index (χ0v) is 18.7. The van der Waals surface area contributed by atoms with Crippen LogP contribution in [0.25, 0.3) is 10.9 Å². The molecule has 4 aromatic rings. The van der Waals surface area contributed by atoms with E-state index in [4.69, 9.17) is 0 Å². The summed E-state index contributed by atoms with van der Waals surface area (Å²) in [6.07, 6.45) is 0.515. The van der Waals surface area contributed by atoms with Gasteiger partial charge >= 0.3 is 5.69 Å². The maximum atomic E-state index is 13.3. The normalized spacial score (nSPS) is 10.7. The quantitative estimate of drug-likeness (QED) is 0.446. The Balaban J connectivity index is 1.61. The smallest absolute Gasteiger partial charge is 0.326 e. The molecule has 0 saturated carbocycles. The van der Waals surface area contributed by atoms with Crippen molar-refractivity contribution in [2.45, 2.75) is 26.4 Å². The van der Waals surface area contributed by atoms with Crippen LogP contribution >= 0.6 is 0 Å². The van der Waals surface area contributed by atoms with Crippen molar-refractivity contribution in [2.75, 3.05) is 10.6 Å². The number of carbonyl (C=O) groups is 2. The number of hydrogen-bond donors (Lipinski definition) is 2. The molecule has 0 radical (unpaired) electrons. The molecule has 0 unspecified atom stereocenters. The Morgan fingerprint density at radius 1 is 0.765 bits per heavy atom. The number of para-hydroxylation sites is 1. The highest BCUT2D eigenvalue weighted by Gasteiger charge is 2.15. The summed E-state index contributed by atoms with van der Waals surface area (Å²) in [5.41, 5.74) is 1.64. The fraction of sp³-hybridized carbons (Fsp3) is 0.154. The van der Waals surface area contributed by atoms with Crippen LogP contribution in [-0.4, -0.2) is 20.9 Å². The monoisotopic (exact) mass is 456 g/mol. The van der Waals surface area contributed by atoms with Crippen molar-refractivity contribution in [3.8, 4) is 0 Å². The van der Waals surface area contributed by atoms with Crippen molar-refractivity contribution in [2.24, 2.45) is 0 Å². The summed E-state index contributed by atoms with van der Waals surface area (Å²) in [5.74, 6) is -0.599. The van der Waals surface area contributed by atoms with Gasteiger partial charge in [-0.25, -0.2) is 4.79 Å². The van der Waals surface area contributed by atoms with Crippen LogP contribution in [0, 0.1) is 0 Å². The molecule has 1 heterocycles. The molecular weight excluding hydrogens is 432 g/mol. The van der Waals surface area contributed by atoms with Crippen molar-refractivity contribution < 1.29 is 9.59 Å². The van der Waals surface area contributed by atoms with Gasteiger partial charge in [-0.1, -0.05) is 42.5 Å².